The molecule has 5 heteroatoms. The third-order valence-corrected chi connectivity index (χ3v) is 0.881. The van der Waals surface area contributed by atoms with Gasteiger partial charge in [0.2, 0.25) is 0 Å². The summed E-state index contributed by atoms with van der Waals surface area (Å²) in [4.78, 5) is 9.82. The predicted octanol–water partition coefficient (Wildman–Crippen LogP) is 4.33. The van der Waals surface area contributed by atoms with Gasteiger partial charge in [-0.3, -0.25) is 0 Å². The van der Waals surface area contributed by atoms with Crippen LogP contribution in [0.1, 0.15) is 27.7 Å². The van der Waals surface area contributed by atoms with Crippen LogP contribution in [0.4, 0.5) is 0 Å². The standard InChI is InChI=1S/C9H18O2.2HI.V/c1-8(2)6-10-11-7-9(3,4)5;;;/h1,6-7H2,2-5H3;2*1H;/q;;;+2/p-2. The number of halogens is 2. The molecule has 2 nitrogen and oxygen atoms in total. The van der Waals surface area contributed by atoms with Crippen molar-refractivity contribution in [3.8, 4) is 0 Å². The molecule has 0 aliphatic rings. The zero-order chi connectivity index (χ0) is 11.6. The van der Waals surface area contributed by atoms with Crippen molar-refractivity contribution in [1.82, 2.24) is 0 Å². The van der Waals surface area contributed by atoms with Crippen molar-refractivity contribution in [2.75, 3.05) is 13.2 Å². The molecule has 0 aromatic carbocycles. The van der Waals surface area contributed by atoms with E-state index in [2.05, 4.69) is 67.3 Å². The van der Waals surface area contributed by atoms with E-state index in [0.717, 1.165) is 5.57 Å². The SMILES string of the molecule is C=C(C)COOCC(C)(C)C.[I][V][I]. The fourth-order valence-corrected chi connectivity index (χ4v) is 0.361. The molecule has 0 aliphatic carbocycles. The first-order valence-electron chi connectivity index (χ1n) is 4.14. The molecule has 0 rings (SSSR count). The normalized spacial score (nSPS) is 10.1. The molecule has 0 N–H and O–H groups in total. The molecule has 0 saturated carbocycles. The van der Waals surface area contributed by atoms with Crippen LogP contribution in [0.3, 0.4) is 0 Å². The predicted molar refractivity (Wildman–Crippen MR) is 74.2 cm³/mol. The summed E-state index contributed by atoms with van der Waals surface area (Å²) in [6, 6.07) is 0. The first kappa shape index (κ1) is 18.1. The van der Waals surface area contributed by atoms with E-state index in [0.29, 0.717) is 22.7 Å². The molecule has 0 amide bonds. The van der Waals surface area contributed by atoms with E-state index in [-0.39, 0.29) is 5.41 Å². The molecular weight excluding hydrogens is 445 g/mol. The first-order chi connectivity index (χ1) is 6.33. The van der Waals surface area contributed by atoms with Crippen molar-refractivity contribution in [3.05, 3.63) is 12.2 Å². The Morgan fingerprint density at radius 1 is 1.29 bits per heavy atom. The molecule has 0 bridgehead atoms. The van der Waals surface area contributed by atoms with Crippen molar-refractivity contribution in [2.24, 2.45) is 5.41 Å². The zero-order valence-corrected chi connectivity index (χ0v) is 14.9. The van der Waals surface area contributed by atoms with Gasteiger partial charge in [-0.05, 0) is 12.3 Å². The molecular formula is C9H18I2O2V. The molecule has 0 unspecified atom stereocenters. The molecule has 0 aliphatic heterocycles. The third kappa shape index (κ3) is 23.5. The van der Waals surface area contributed by atoms with E-state index < -0.39 is 0 Å². The van der Waals surface area contributed by atoms with Gasteiger partial charge in [0.25, 0.3) is 0 Å². The van der Waals surface area contributed by atoms with Gasteiger partial charge in [0.05, 0.1) is 6.61 Å². The quantitative estimate of drug-likeness (QED) is 0.203. The van der Waals surface area contributed by atoms with Gasteiger partial charge in [0.1, 0.15) is 6.61 Å². The van der Waals surface area contributed by atoms with E-state index in [1.54, 1.807) is 0 Å². The number of hydrogen-bond donors (Lipinski definition) is 0. The van der Waals surface area contributed by atoms with Crippen LogP contribution >= 0.6 is 40.0 Å². The van der Waals surface area contributed by atoms with Crippen molar-refractivity contribution >= 4 is 40.0 Å². The van der Waals surface area contributed by atoms with Crippen LogP contribution in [0.5, 0.6) is 0 Å². The second-order valence-electron chi connectivity index (χ2n) is 4.11. The summed E-state index contributed by atoms with van der Waals surface area (Å²) >= 11 is 4.74. The summed E-state index contributed by atoms with van der Waals surface area (Å²) < 4.78 is 0. The monoisotopic (exact) mass is 463 g/mol. The van der Waals surface area contributed by atoms with Crippen LogP contribution < -0.4 is 0 Å². The summed E-state index contributed by atoms with van der Waals surface area (Å²) in [5.74, 6) is 0. The third-order valence-electron chi connectivity index (χ3n) is 0.881. The Bertz CT molecular complexity index is 146. The first-order valence-corrected chi connectivity index (χ1v) is 13.2. The minimum absolute atomic E-state index is 0.162. The molecule has 0 fully saturated rings. The molecule has 0 spiro atoms. The van der Waals surface area contributed by atoms with Gasteiger partial charge in [-0.25, -0.2) is 9.78 Å². The maximum absolute atomic E-state index is 4.95. The van der Waals surface area contributed by atoms with Crippen LogP contribution in [0.2, 0.25) is 0 Å². The number of rotatable bonds is 4. The molecule has 0 aromatic rings. The topological polar surface area (TPSA) is 18.5 Å². The van der Waals surface area contributed by atoms with E-state index in [4.69, 9.17) is 9.78 Å². The molecule has 0 saturated heterocycles. The summed E-state index contributed by atoms with van der Waals surface area (Å²) in [6.07, 6.45) is 0. The molecule has 0 atom stereocenters. The Morgan fingerprint density at radius 3 is 2.00 bits per heavy atom. The molecule has 0 aromatic heterocycles. The Labute approximate surface area is 116 Å². The molecule has 0 radical (unpaired) electrons. The van der Waals surface area contributed by atoms with Crippen LogP contribution in [0.15, 0.2) is 12.2 Å². The van der Waals surface area contributed by atoms with E-state index >= 15 is 0 Å². The van der Waals surface area contributed by atoms with Gasteiger partial charge in [0, 0.05) is 0 Å². The van der Waals surface area contributed by atoms with Crippen LogP contribution in [-0.4, -0.2) is 13.2 Å². The maximum atomic E-state index is 4.95. The van der Waals surface area contributed by atoms with Gasteiger partial charge < -0.3 is 0 Å². The van der Waals surface area contributed by atoms with Gasteiger partial charge in [-0.15, -0.1) is 0 Å². The minimum atomic E-state index is 0.162. The van der Waals surface area contributed by atoms with Crippen LogP contribution in [-0.2, 0) is 19.2 Å². The Balaban J connectivity index is 0. The van der Waals surface area contributed by atoms with Crippen molar-refractivity contribution in [1.29, 1.82) is 0 Å². The summed E-state index contributed by atoms with van der Waals surface area (Å²) in [5.41, 5.74) is 1.13. The second kappa shape index (κ2) is 11.2. The van der Waals surface area contributed by atoms with E-state index in [9.17, 15) is 0 Å². The van der Waals surface area contributed by atoms with Gasteiger partial charge in [-0.1, -0.05) is 32.9 Å². The van der Waals surface area contributed by atoms with Crippen LogP contribution in [0.25, 0.3) is 0 Å². The fourth-order valence-electron chi connectivity index (χ4n) is 0.361. The summed E-state index contributed by atoms with van der Waals surface area (Å²) in [7, 11) is 0.628. The molecule has 85 valence electrons. The van der Waals surface area contributed by atoms with Gasteiger partial charge in [0.15, 0.2) is 0 Å². The fraction of sp³-hybridized carbons (Fsp3) is 0.778. The van der Waals surface area contributed by atoms with Crippen LogP contribution in [0, 0.1) is 5.41 Å². The van der Waals surface area contributed by atoms with E-state index in [1.165, 1.54) is 0 Å². The van der Waals surface area contributed by atoms with E-state index in [1.807, 2.05) is 6.92 Å². The summed E-state index contributed by atoms with van der Waals surface area (Å²) in [5, 5.41) is 0. The number of hydrogen-bond acceptors (Lipinski definition) is 2. The van der Waals surface area contributed by atoms with Crippen molar-refractivity contribution in [3.63, 3.8) is 0 Å². The summed E-state index contributed by atoms with van der Waals surface area (Å²) in [6.45, 7) is 13.0. The zero-order valence-electron chi connectivity index (χ0n) is 9.14. The Hall–Kier alpha value is 1.70. The molecule has 14 heavy (non-hydrogen) atoms. The van der Waals surface area contributed by atoms with Gasteiger partial charge >= 0.3 is 49.4 Å². The second-order valence-corrected chi connectivity index (χ2v) is 15.9. The van der Waals surface area contributed by atoms with Crippen molar-refractivity contribution in [2.45, 2.75) is 27.7 Å². The molecule has 0 heterocycles. The average Bonchev–Trinajstić information content (AvgIpc) is 1.98. The average molecular weight is 463 g/mol. The Morgan fingerprint density at radius 2 is 1.71 bits per heavy atom. The van der Waals surface area contributed by atoms with Crippen molar-refractivity contribution < 1.29 is 19.2 Å². The Kier molecular flexibility index (Phi) is 14.5. The van der Waals surface area contributed by atoms with Gasteiger partial charge in [-0.2, -0.15) is 0 Å².